The van der Waals surface area contributed by atoms with Crippen molar-refractivity contribution in [3.05, 3.63) is 90.7 Å². The lowest BCUT2D eigenvalue weighted by atomic mass is 10.00. The van der Waals surface area contributed by atoms with Gasteiger partial charge in [0.15, 0.2) is 11.5 Å². The maximum absolute atomic E-state index is 12.2. The summed E-state index contributed by atoms with van der Waals surface area (Å²) >= 11 is 12.4. The van der Waals surface area contributed by atoms with E-state index in [1.165, 1.54) is 23.9 Å². The van der Waals surface area contributed by atoms with Crippen molar-refractivity contribution in [1.29, 1.82) is 0 Å². The molecule has 9 nitrogen and oxygen atoms in total. The number of halogens is 2. The van der Waals surface area contributed by atoms with E-state index < -0.39 is 23.3 Å². The van der Waals surface area contributed by atoms with E-state index in [-0.39, 0.29) is 19.6 Å². The number of carboxylic acid groups (broad SMARTS) is 1. The largest absolute Gasteiger partial charge is 0.493 e. The number of rotatable bonds is 13. The zero-order chi connectivity index (χ0) is 30.1. The lowest BCUT2D eigenvalue weighted by molar-refractivity contribution is -0.138. The van der Waals surface area contributed by atoms with E-state index >= 15 is 0 Å². The average Bonchev–Trinajstić information content (AvgIpc) is 3.78. The summed E-state index contributed by atoms with van der Waals surface area (Å²) in [5.41, 5.74) is 0.907. The van der Waals surface area contributed by atoms with Crippen molar-refractivity contribution in [2.75, 3.05) is 20.3 Å². The molecule has 4 rings (SSSR count). The van der Waals surface area contributed by atoms with Crippen molar-refractivity contribution < 1.29 is 19.4 Å². The van der Waals surface area contributed by atoms with Crippen LogP contribution in [-0.2, 0) is 24.9 Å². The van der Waals surface area contributed by atoms with Crippen molar-refractivity contribution in [2.45, 2.75) is 52.2 Å². The number of aromatic nitrogens is 2. The summed E-state index contributed by atoms with van der Waals surface area (Å²) in [5.74, 6) is 0.585. The number of hydrogen-bond acceptors (Lipinski definition) is 6. The van der Waals surface area contributed by atoms with Crippen LogP contribution in [0.1, 0.15) is 50.3 Å². The van der Waals surface area contributed by atoms with Crippen molar-refractivity contribution in [1.82, 2.24) is 14.0 Å². The van der Waals surface area contributed by atoms with Gasteiger partial charge in [0.05, 0.1) is 30.1 Å². The van der Waals surface area contributed by atoms with E-state index in [1.54, 1.807) is 25.2 Å². The fraction of sp³-hybridized carbons (Fsp3) is 0.433. The minimum Gasteiger partial charge on any atom is -0.493 e. The third kappa shape index (κ3) is 8.86. The number of carbonyl (C=O) groups is 1. The van der Waals surface area contributed by atoms with Crippen LogP contribution in [-0.4, -0.2) is 45.4 Å². The molecular weight excluding hydrogens is 569 g/mol. The third-order valence-electron chi connectivity index (χ3n) is 6.75. The van der Waals surface area contributed by atoms with Gasteiger partial charge in [-0.2, -0.15) is 0 Å². The van der Waals surface area contributed by atoms with Gasteiger partial charge in [0.25, 0.3) is 5.56 Å². The number of ether oxygens (including phenoxy) is 2. The zero-order valence-corrected chi connectivity index (χ0v) is 25.3. The van der Waals surface area contributed by atoms with Crippen LogP contribution in [0.2, 0.25) is 10.0 Å². The van der Waals surface area contributed by atoms with Crippen LogP contribution in [0.15, 0.2) is 58.3 Å². The Balaban J connectivity index is 0.00000226. The van der Waals surface area contributed by atoms with Crippen LogP contribution in [0.25, 0.3) is 0 Å². The molecule has 1 heterocycles. The van der Waals surface area contributed by atoms with Crippen molar-refractivity contribution >= 4 is 29.2 Å². The Morgan fingerprint density at radius 1 is 1.07 bits per heavy atom. The Hall–Kier alpha value is -3.27. The van der Waals surface area contributed by atoms with Crippen molar-refractivity contribution in [2.24, 2.45) is 13.0 Å². The highest BCUT2D eigenvalue weighted by Gasteiger charge is 2.31. The second kappa shape index (κ2) is 15.1. The van der Waals surface area contributed by atoms with Crippen LogP contribution in [0, 0.1) is 5.92 Å². The average molecular weight is 607 g/mol. The molecule has 11 heteroatoms. The van der Waals surface area contributed by atoms with Crippen molar-refractivity contribution in [3.8, 4) is 11.5 Å². The number of nitrogens with zero attached hydrogens (tertiary/aromatic N) is 3. The molecule has 1 fully saturated rings. The first-order valence-corrected chi connectivity index (χ1v) is 14.4. The molecule has 2 aromatic carbocycles. The molecular formula is C30H37Cl2N3O6. The Bertz CT molecular complexity index is 1450. The van der Waals surface area contributed by atoms with Gasteiger partial charge >= 0.3 is 11.7 Å². The molecule has 1 unspecified atom stereocenters. The minimum atomic E-state index is -0.902. The second-order valence-electron chi connectivity index (χ2n) is 9.69. The molecule has 3 aromatic rings. The Morgan fingerprint density at radius 3 is 2.44 bits per heavy atom. The summed E-state index contributed by atoms with van der Waals surface area (Å²) in [6.07, 6.45) is 3.57. The lowest BCUT2D eigenvalue weighted by Crippen LogP contribution is -2.39. The fourth-order valence-corrected chi connectivity index (χ4v) is 4.81. The molecule has 0 spiro atoms. The van der Waals surface area contributed by atoms with E-state index in [9.17, 15) is 19.5 Å². The Labute approximate surface area is 249 Å². The SMILES string of the molecule is CC.COc1cc(CN(CC2CC2)C(CC(=O)O)c2ccc(Cl)c(Cl)c2)ccc1OCCn1c(=O)ccn(C)c1=O. The zero-order valence-electron chi connectivity index (χ0n) is 23.8. The number of aryl methyl sites for hydroxylation is 1. The number of carboxylic acids is 1. The minimum absolute atomic E-state index is 0.0820. The van der Waals surface area contributed by atoms with E-state index in [0.717, 1.165) is 35.1 Å². The molecule has 0 saturated heterocycles. The first-order valence-electron chi connectivity index (χ1n) is 13.6. The van der Waals surface area contributed by atoms with Crippen molar-refractivity contribution in [3.63, 3.8) is 0 Å². The van der Waals surface area contributed by atoms with E-state index in [2.05, 4.69) is 4.90 Å². The predicted octanol–water partition coefficient (Wildman–Crippen LogP) is 5.40. The van der Waals surface area contributed by atoms with E-state index in [4.69, 9.17) is 32.7 Å². The van der Waals surface area contributed by atoms with E-state index in [0.29, 0.717) is 34.0 Å². The summed E-state index contributed by atoms with van der Waals surface area (Å²) in [7, 11) is 3.12. The maximum atomic E-state index is 12.2. The van der Waals surface area contributed by atoms with Gasteiger partial charge in [-0.1, -0.05) is 49.2 Å². The molecule has 1 atom stereocenters. The molecule has 1 aliphatic carbocycles. The van der Waals surface area contributed by atoms with Gasteiger partial charge in [0.1, 0.15) is 6.61 Å². The van der Waals surface area contributed by atoms with E-state index in [1.807, 2.05) is 32.0 Å². The van der Waals surface area contributed by atoms with Crippen LogP contribution >= 0.6 is 23.2 Å². The molecule has 1 aromatic heterocycles. The molecule has 0 amide bonds. The van der Waals surface area contributed by atoms with Gasteiger partial charge in [0, 0.05) is 38.4 Å². The quantitative estimate of drug-likeness (QED) is 0.278. The highest BCUT2D eigenvalue weighted by molar-refractivity contribution is 6.42. The highest BCUT2D eigenvalue weighted by atomic mass is 35.5. The summed E-state index contributed by atoms with van der Waals surface area (Å²) in [5, 5.41) is 10.5. The summed E-state index contributed by atoms with van der Waals surface area (Å²) in [6, 6.07) is 11.7. The first kappa shape index (κ1) is 32.2. The van der Waals surface area contributed by atoms with Gasteiger partial charge in [-0.3, -0.25) is 19.1 Å². The smallest absolute Gasteiger partial charge is 0.330 e. The fourth-order valence-electron chi connectivity index (χ4n) is 4.51. The number of aliphatic carboxylic acids is 1. The molecule has 1 saturated carbocycles. The topological polar surface area (TPSA) is 103 Å². The van der Waals surface area contributed by atoms with Gasteiger partial charge in [-0.05, 0) is 54.2 Å². The van der Waals surface area contributed by atoms with Crippen LogP contribution in [0.4, 0.5) is 0 Å². The van der Waals surface area contributed by atoms with Gasteiger partial charge in [-0.15, -0.1) is 0 Å². The number of benzene rings is 2. The molecule has 41 heavy (non-hydrogen) atoms. The summed E-state index contributed by atoms with van der Waals surface area (Å²) in [4.78, 5) is 38.3. The molecule has 1 N–H and O–H groups in total. The molecule has 0 bridgehead atoms. The highest BCUT2D eigenvalue weighted by Crippen LogP contribution is 2.37. The lowest BCUT2D eigenvalue weighted by Gasteiger charge is -2.32. The first-order chi connectivity index (χ1) is 19.7. The number of hydrogen-bond donors (Lipinski definition) is 1. The standard InChI is InChI=1S/C28H31Cl2N3O6.C2H6/c1-31-10-9-26(34)33(28(31)37)11-12-39-24-8-5-19(13-25(24)38-2)17-32(16-18-3-4-18)23(15-27(35)36)20-6-7-21(29)22(30)14-20;1-2/h5-10,13-14,18,23H,3-4,11-12,15-17H2,1-2H3,(H,35,36);1-2H3. The molecule has 0 aliphatic heterocycles. The van der Waals surface area contributed by atoms with Crippen LogP contribution in [0.5, 0.6) is 11.5 Å². The summed E-state index contributed by atoms with van der Waals surface area (Å²) < 4.78 is 13.9. The number of methoxy groups -OCH3 is 1. The third-order valence-corrected chi connectivity index (χ3v) is 7.49. The maximum Gasteiger partial charge on any atom is 0.330 e. The monoisotopic (exact) mass is 605 g/mol. The molecule has 222 valence electrons. The normalized spacial score (nSPS) is 13.3. The van der Waals surface area contributed by atoms with Crippen LogP contribution < -0.4 is 20.7 Å². The summed E-state index contributed by atoms with van der Waals surface area (Å²) in [6.45, 7) is 5.42. The molecule has 1 aliphatic rings. The van der Waals surface area contributed by atoms with Gasteiger partial charge < -0.3 is 19.1 Å². The molecule has 0 radical (unpaired) electrons. The van der Waals surface area contributed by atoms with Gasteiger partial charge in [-0.25, -0.2) is 4.79 Å². The Morgan fingerprint density at radius 2 is 1.80 bits per heavy atom. The predicted molar refractivity (Wildman–Crippen MR) is 160 cm³/mol. The second-order valence-corrected chi connectivity index (χ2v) is 10.5. The van der Waals surface area contributed by atoms with Crippen LogP contribution in [0.3, 0.4) is 0 Å². The Kier molecular flexibility index (Phi) is 11.9. The van der Waals surface area contributed by atoms with Gasteiger partial charge in [0.2, 0.25) is 0 Å².